The predicted molar refractivity (Wildman–Crippen MR) is 51.4 cm³/mol. The lowest BCUT2D eigenvalue weighted by molar-refractivity contribution is -0.0255. The van der Waals surface area contributed by atoms with Gasteiger partial charge in [-0.15, -0.1) is 5.10 Å². The zero-order valence-electron chi connectivity index (χ0n) is 8.90. The molecule has 80 valence electrons. The van der Waals surface area contributed by atoms with Crippen molar-refractivity contribution in [2.24, 2.45) is 5.73 Å². The number of hydrogen-bond acceptors (Lipinski definition) is 5. The van der Waals surface area contributed by atoms with Crippen molar-refractivity contribution < 1.29 is 4.74 Å². The van der Waals surface area contributed by atoms with Crippen LogP contribution in [0.15, 0.2) is 0 Å². The van der Waals surface area contributed by atoms with E-state index in [0.717, 1.165) is 0 Å². The van der Waals surface area contributed by atoms with Crippen LogP contribution in [-0.4, -0.2) is 32.4 Å². The minimum Gasteiger partial charge on any atom is -0.374 e. The molecule has 0 aliphatic carbocycles. The van der Waals surface area contributed by atoms with Gasteiger partial charge < -0.3 is 10.5 Å². The Balaban J connectivity index is 2.67. The lowest BCUT2D eigenvalue weighted by Crippen LogP contribution is -2.32. The van der Waals surface area contributed by atoms with Crippen LogP contribution in [0, 0.1) is 0 Å². The highest BCUT2D eigenvalue weighted by atomic mass is 16.5. The molecule has 0 radical (unpaired) electrons. The van der Waals surface area contributed by atoms with Gasteiger partial charge in [-0.1, -0.05) is 0 Å². The first-order chi connectivity index (χ1) is 6.59. The summed E-state index contributed by atoms with van der Waals surface area (Å²) in [4.78, 5) is 0. The Kier molecular flexibility index (Phi) is 3.54. The van der Waals surface area contributed by atoms with Gasteiger partial charge in [0.1, 0.15) is 0 Å². The van der Waals surface area contributed by atoms with Crippen molar-refractivity contribution in [2.45, 2.75) is 39.5 Å². The van der Waals surface area contributed by atoms with E-state index in [9.17, 15) is 0 Å². The Morgan fingerprint density at radius 2 is 2.21 bits per heavy atom. The third-order valence-corrected chi connectivity index (χ3v) is 1.85. The fraction of sp³-hybridized carbons (Fsp3) is 0.875. The van der Waals surface area contributed by atoms with Crippen molar-refractivity contribution in [1.29, 1.82) is 0 Å². The largest absolute Gasteiger partial charge is 0.374 e. The molecule has 0 atom stereocenters. The van der Waals surface area contributed by atoms with E-state index < -0.39 is 0 Å². The molecule has 6 heteroatoms. The van der Waals surface area contributed by atoms with Gasteiger partial charge >= 0.3 is 0 Å². The van der Waals surface area contributed by atoms with Crippen molar-refractivity contribution >= 4 is 0 Å². The molecule has 0 bridgehead atoms. The molecular weight excluding hydrogens is 182 g/mol. The van der Waals surface area contributed by atoms with Gasteiger partial charge in [-0.25, -0.2) is 4.68 Å². The quantitative estimate of drug-likeness (QED) is 0.719. The van der Waals surface area contributed by atoms with E-state index in [-0.39, 0.29) is 5.60 Å². The molecule has 1 rings (SSSR count). The van der Waals surface area contributed by atoms with E-state index in [1.165, 1.54) is 0 Å². The molecule has 0 aliphatic heterocycles. The van der Waals surface area contributed by atoms with Crippen LogP contribution < -0.4 is 5.73 Å². The summed E-state index contributed by atoms with van der Waals surface area (Å²) in [7, 11) is 0. The van der Waals surface area contributed by atoms with Crippen LogP contribution in [0.1, 0.15) is 26.6 Å². The minimum absolute atomic E-state index is 0.270. The molecule has 14 heavy (non-hydrogen) atoms. The Morgan fingerprint density at radius 1 is 1.50 bits per heavy atom. The van der Waals surface area contributed by atoms with Crippen LogP contribution in [0.2, 0.25) is 0 Å². The Morgan fingerprint density at radius 3 is 2.79 bits per heavy atom. The second-order valence-electron chi connectivity index (χ2n) is 3.65. The Bertz CT molecular complexity index is 283. The van der Waals surface area contributed by atoms with Crippen molar-refractivity contribution in [2.75, 3.05) is 6.61 Å². The maximum absolute atomic E-state index is 5.54. The summed E-state index contributed by atoms with van der Waals surface area (Å²) in [5.74, 6) is 0.678. The Labute approximate surface area is 83.4 Å². The zero-order chi connectivity index (χ0) is 10.6. The monoisotopic (exact) mass is 199 g/mol. The second kappa shape index (κ2) is 4.47. The zero-order valence-corrected chi connectivity index (χ0v) is 8.90. The van der Waals surface area contributed by atoms with Crippen LogP contribution in [0.4, 0.5) is 0 Å². The number of rotatable bonds is 5. The van der Waals surface area contributed by atoms with E-state index >= 15 is 0 Å². The van der Waals surface area contributed by atoms with Crippen molar-refractivity contribution in [3.63, 3.8) is 0 Å². The standard InChI is InChI=1S/C8H17N5O/c1-4-14-8(2,3)6-13-7(5-9)10-11-12-13/h4-6,9H2,1-3H3. The molecule has 6 nitrogen and oxygen atoms in total. The summed E-state index contributed by atoms with van der Waals surface area (Å²) in [6.07, 6.45) is 0. The summed E-state index contributed by atoms with van der Waals surface area (Å²) >= 11 is 0. The summed E-state index contributed by atoms with van der Waals surface area (Å²) in [6.45, 7) is 7.59. The van der Waals surface area contributed by atoms with Gasteiger partial charge in [0, 0.05) is 6.61 Å². The number of ether oxygens (including phenoxy) is 1. The topological polar surface area (TPSA) is 78.8 Å². The van der Waals surface area contributed by atoms with Gasteiger partial charge in [0.25, 0.3) is 0 Å². The lowest BCUT2D eigenvalue weighted by Gasteiger charge is -2.24. The molecule has 2 N–H and O–H groups in total. The van der Waals surface area contributed by atoms with E-state index in [0.29, 0.717) is 25.5 Å². The van der Waals surface area contributed by atoms with Gasteiger partial charge in [-0.3, -0.25) is 0 Å². The molecule has 1 heterocycles. The van der Waals surface area contributed by atoms with Crippen LogP contribution in [-0.2, 0) is 17.8 Å². The fourth-order valence-corrected chi connectivity index (χ4v) is 1.29. The van der Waals surface area contributed by atoms with Crippen LogP contribution in [0.3, 0.4) is 0 Å². The number of nitrogens with zero attached hydrogens (tertiary/aromatic N) is 4. The average molecular weight is 199 g/mol. The summed E-state index contributed by atoms with van der Waals surface area (Å²) in [5.41, 5.74) is 5.21. The highest BCUT2D eigenvalue weighted by molar-refractivity contribution is 4.81. The summed E-state index contributed by atoms with van der Waals surface area (Å²) in [6, 6.07) is 0. The predicted octanol–water partition coefficient (Wildman–Crippen LogP) is -0.0531. The highest BCUT2D eigenvalue weighted by Crippen LogP contribution is 2.11. The van der Waals surface area contributed by atoms with E-state index in [4.69, 9.17) is 10.5 Å². The lowest BCUT2D eigenvalue weighted by atomic mass is 10.1. The average Bonchev–Trinajstić information content (AvgIpc) is 2.50. The van der Waals surface area contributed by atoms with Crippen LogP contribution in [0.5, 0.6) is 0 Å². The van der Waals surface area contributed by atoms with Crippen molar-refractivity contribution in [1.82, 2.24) is 20.2 Å². The molecule has 1 aromatic heterocycles. The first-order valence-electron chi connectivity index (χ1n) is 4.68. The first-order valence-corrected chi connectivity index (χ1v) is 4.68. The van der Waals surface area contributed by atoms with Gasteiger partial charge in [0.15, 0.2) is 5.82 Å². The first kappa shape index (κ1) is 11.1. The number of nitrogens with two attached hydrogens (primary N) is 1. The van der Waals surface area contributed by atoms with Gasteiger partial charge in [-0.05, 0) is 31.2 Å². The molecule has 1 aromatic rings. The van der Waals surface area contributed by atoms with Gasteiger partial charge in [-0.2, -0.15) is 0 Å². The highest BCUT2D eigenvalue weighted by Gasteiger charge is 2.20. The van der Waals surface area contributed by atoms with E-state index in [2.05, 4.69) is 15.5 Å². The molecule has 0 aromatic carbocycles. The number of aromatic nitrogens is 4. The second-order valence-corrected chi connectivity index (χ2v) is 3.65. The summed E-state index contributed by atoms with van der Waals surface area (Å²) < 4.78 is 7.22. The molecule has 0 amide bonds. The third-order valence-electron chi connectivity index (χ3n) is 1.85. The molecule has 0 saturated heterocycles. The van der Waals surface area contributed by atoms with E-state index in [1.54, 1.807) is 4.68 Å². The van der Waals surface area contributed by atoms with Crippen LogP contribution >= 0.6 is 0 Å². The Hall–Kier alpha value is -1.01. The number of tetrazole rings is 1. The maximum atomic E-state index is 5.54. The normalized spacial score (nSPS) is 12.0. The molecule has 0 saturated carbocycles. The van der Waals surface area contributed by atoms with Gasteiger partial charge in [0.2, 0.25) is 0 Å². The minimum atomic E-state index is -0.270. The number of hydrogen-bond donors (Lipinski definition) is 1. The molecule has 0 fully saturated rings. The SMILES string of the molecule is CCOC(C)(C)Cn1nnnc1CN. The molecular formula is C8H17N5O. The fourth-order valence-electron chi connectivity index (χ4n) is 1.29. The van der Waals surface area contributed by atoms with Crippen molar-refractivity contribution in [3.8, 4) is 0 Å². The maximum Gasteiger partial charge on any atom is 0.164 e. The van der Waals surface area contributed by atoms with Crippen molar-refractivity contribution in [3.05, 3.63) is 5.82 Å². The molecule has 0 spiro atoms. The van der Waals surface area contributed by atoms with E-state index in [1.807, 2.05) is 20.8 Å². The third kappa shape index (κ3) is 2.74. The summed E-state index contributed by atoms with van der Waals surface area (Å²) in [5, 5.41) is 11.2. The molecule has 0 aliphatic rings. The smallest absolute Gasteiger partial charge is 0.164 e. The van der Waals surface area contributed by atoms with Crippen LogP contribution in [0.25, 0.3) is 0 Å². The molecule has 0 unspecified atom stereocenters. The van der Waals surface area contributed by atoms with Gasteiger partial charge in [0.05, 0.1) is 18.7 Å².